The van der Waals surface area contributed by atoms with Crippen LogP contribution in [0.4, 0.5) is 13.2 Å². The van der Waals surface area contributed by atoms with E-state index in [1.165, 1.54) is 6.08 Å². The van der Waals surface area contributed by atoms with Gasteiger partial charge in [0.15, 0.2) is 0 Å². The van der Waals surface area contributed by atoms with Crippen LogP contribution >= 0.6 is 11.6 Å². The summed E-state index contributed by atoms with van der Waals surface area (Å²) in [7, 11) is 0. The van der Waals surface area contributed by atoms with Crippen molar-refractivity contribution in [1.29, 1.82) is 0 Å². The number of nitrogens with one attached hydrogen (secondary N) is 1. The average molecular weight is 348 g/mol. The minimum absolute atomic E-state index is 0.220. The summed E-state index contributed by atoms with van der Waals surface area (Å²) in [5.74, 6) is 0.220. The first-order valence-corrected chi connectivity index (χ1v) is 7.99. The van der Waals surface area contributed by atoms with Crippen molar-refractivity contribution in [2.24, 2.45) is 0 Å². The monoisotopic (exact) mass is 347 g/mol. The molecular formula is C17H21ClF3NO. The molecule has 2 nitrogen and oxygen atoms in total. The van der Waals surface area contributed by atoms with Gasteiger partial charge in [-0.05, 0) is 36.7 Å². The molecule has 0 saturated carbocycles. The normalized spacial score (nSPS) is 17.8. The number of hydrogen-bond donors (Lipinski definition) is 1. The molecule has 0 fully saturated rings. The van der Waals surface area contributed by atoms with Crippen LogP contribution < -0.4 is 10.1 Å². The summed E-state index contributed by atoms with van der Waals surface area (Å²) in [6.07, 6.45) is -2.91. The van der Waals surface area contributed by atoms with Crippen molar-refractivity contribution in [2.45, 2.75) is 44.9 Å². The van der Waals surface area contributed by atoms with Crippen molar-refractivity contribution in [3.05, 3.63) is 34.4 Å². The van der Waals surface area contributed by atoms with Crippen LogP contribution in [0.2, 0.25) is 5.02 Å². The lowest BCUT2D eigenvalue weighted by Gasteiger charge is -2.30. The van der Waals surface area contributed by atoms with Gasteiger partial charge < -0.3 is 10.1 Å². The number of ether oxygens (including phenoxy) is 1. The van der Waals surface area contributed by atoms with Gasteiger partial charge in [-0.15, -0.1) is 0 Å². The fourth-order valence-corrected chi connectivity index (χ4v) is 2.96. The van der Waals surface area contributed by atoms with Crippen LogP contribution in [0.3, 0.4) is 0 Å². The zero-order valence-corrected chi connectivity index (χ0v) is 14.2. The average Bonchev–Trinajstić information content (AvgIpc) is 2.45. The van der Waals surface area contributed by atoms with Gasteiger partial charge in [0.05, 0.1) is 0 Å². The van der Waals surface area contributed by atoms with Crippen LogP contribution in [0.25, 0.3) is 6.08 Å². The molecule has 0 bridgehead atoms. The van der Waals surface area contributed by atoms with E-state index in [9.17, 15) is 13.2 Å². The maximum absolute atomic E-state index is 12.8. The second-order valence-corrected chi connectivity index (χ2v) is 6.78. The molecule has 0 amide bonds. The smallest absolute Gasteiger partial charge is 0.429 e. The molecule has 23 heavy (non-hydrogen) atoms. The van der Waals surface area contributed by atoms with Gasteiger partial charge in [0.1, 0.15) is 5.75 Å². The first kappa shape index (κ1) is 18.1. The summed E-state index contributed by atoms with van der Waals surface area (Å²) in [6, 6.07) is 3.30. The predicted molar refractivity (Wildman–Crippen MR) is 87.1 cm³/mol. The van der Waals surface area contributed by atoms with Crippen molar-refractivity contribution in [3.63, 3.8) is 0 Å². The van der Waals surface area contributed by atoms with Gasteiger partial charge in [0, 0.05) is 22.5 Å². The van der Waals surface area contributed by atoms with E-state index < -0.39 is 12.3 Å². The summed E-state index contributed by atoms with van der Waals surface area (Å²) in [4.78, 5) is 0. The SMILES string of the molecule is CCCNCC(C)(C)c1cc2c(cc1Cl)C=CC(C(F)(F)F)O2. The second-order valence-electron chi connectivity index (χ2n) is 6.37. The van der Waals surface area contributed by atoms with Gasteiger partial charge in [-0.25, -0.2) is 0 Å². The van der Waals surface area contributed by atoms with Crippen LogP contribution in [0.15, 0.2) is 18.2 Å². The Hall–Kier alpha value is -1.20. The van der Waals surface area contributed by atoms with Crippen molar-refractivity contribution >= 4 is 17.7 Å². The molecule has 2 rings (SSSR count). The van der Waals surface area contributed by atoms with Crippen molar-refractivity contribution in [2.75, 3.05) is 13.1 Å². The molecule has 0 radical (unpaired) electrons. The van der Waals surface area contributed by atoms with E-state index in [4.69, 9.17) is 16.3 Å². The van der Waals surface area contributed by atoms with E-state index in [2.05, 4.69) is 12.2 Å². The zero-order chi connectivity index (χ0) is 17.3. The molecule has 1 atom stereocenters. The van der Waals surface area contributed by atoms with E-state index in [1.54, 1.807) is 12.1 Å². The third kappa shape index (κ3) is 4.21. The highest BCUT2D eigenvalue weighted by Gasteiger charge is 2.41. The first-order chi connectivity index (χ1) is 10.6. The molecule has 1 unspecified atom stereocenters. The van der Waals surface area contributed by atoms with Crippen LogP contribution in [0, 0.1) is 0 Å². The van der Waals surface area contributed by atoms with Gasteiger partial charge >= 0.3 is 6.18 Å². The highest BCUT2D eigenvalue weighted by Crippen LogP contribution is 2.39. The molecular weight excluding hydrogens is 327 g/mol. The molecule has 0 aromatic heterocycles. The summed E-state index contributed by atoms with van der Waals surface area (Å²) < 4.78 is 43.6. The van der Waals surface area contributed by atoms with Crippen LogP contribution in [0.1, 0.15) is 38.3 Å². The predicted octanol–water partition coefficient (Wildman–Crippen LogP) is 4.95. The number of rotatable bonds is 5. The highest BCUT2D eigenvalue weighted by molar-refractivity contribution is 6.31. The molecule has 6 heteroatoms. The quantitative estimate of drug-likeness (QED) is 0.761. The molecule has 0 spiro atoms. The number of alkyl halides is 3. The topological polar surface area (TPSA) is 21.3 Å². The lowest BCUT2D eigenvalue weighted by Crippen LogP contribution is -2.35. The summed E-state index contributed by atoms with van der Waals surface area (Å²) >= 11 is 6.35. The lowest BCUT2D eigenvalue weighted by molar-refractivity contribution is -0.180. The maximum Gasteiger partial charge on any atom is 0.429 e. The molecule has 0 aliphatic carbocycles. The Bertz CT molecular complexity index is 596. The molecule has 1 aliphatic rings. The lowest BCUT2D eigenvalue weighted by atomic mass is 9.83. The highest BCUT2D eigenvalue weighted by atomic mass is 35.5. The third-order valence-electron chi connectivity index (χ3n) is 3.85. The molecule has 1 N–H and O–H groups in total. The molecule has 128 valence electrons. The van der Waals surface area contributed by atoms with E-state index in [-0.39, 0.29) is 11.2 Å². The standard InChI is InChI=1S/C17H21ClF3NO/c1-4-7-22-10-16(2,3)12-9-14-11(8-13(12)18)5-6-15(23-14)17(19,20)21/h5-6,8-9,15,22H,4,7,10H2,1-3H3. The largest absolute Gasteiger partial charge is 0.476 e. The second kappa shape index (κ2) is 6.73. The number of benzene rings is 1. The fourth-order valence-electron chi connectivity index (χ4n) is 2.54. The minimum Gasteiger partial charge on any atom is -0.476 e. The minimum atomic E-state index is -4.42. The number of halogens is 4. The Balaban J connectivity index is 2.30. The Morgan fingerprint density at radius 3 is 2.57 bits per heavy atom. The Morgan fingerprint density at radius 1 is 1.26 bits per heavy atom. The molecule has 1 heterocycles. The van der Waals surface area contributed by atoms with Gasteiger partial charge in [0.2, 0.25) is 6.10 Å². The van der Waals surface area contributed by atoms with Crippen molar-refractivity contribution < 1.29 is 17.9 Å². The summed E-state index contributed by atoms with van der Waals surface area (Å²) in [5, 5.41) is 3.85. The molecule has 1 aliphatic heterocycles. The van der Waals surface area contributed by atoms with Crippen LogP contribution in [-0.2, 0) is 5.41 Å². The summed E-state index contributed by atoms with van der Waals surface area (Å²) in [5.41, 5.74) is 1.02. The number of fused-ring (bicyclic) bond motifs is 1. The van der Waals surface area contributed by atoms with Crippen LogP contribution in [-0.4, -0.2) is 25.4 Å². The van der Waals surface area contributed by atoms with Crippen molar-refractivity contribution in [3.8, 4) is 5.75 Å². The maximum atomic E-state index is 12.8. The van der Waals surface area contributed by atoms with Gasteiger partial charge in [0.25, 0.3) is 0 Å². The van der Waals surface area contributed by atoms with Gasteiger partial charge in [-0.3, -0.25) is 0 Å². The molecule has 0 saturated heterocycles. The third-order valence-corrected chi connectivity index (χ3v) is 4.16. The number of hydrogen-bond acceptors (Lipinski definition) is 2. The van der Waals surface area contributed by atoms with E-state index in [0.717, 1.165) is 24.6 Å². The van der Waals surface area contributed by atoms with E-state index in [1.807, 2.05) is 13.8 Å². The zero-order valence-electron chi connectivity index (χ0n) is 13.4. The summed E-state index contributed by atoms with van der Waals surface area (Å²) in [6.45, 7) is 7.63. The fraction of sp³-hybridized carbons (Fsp3) is 0.529. The Kier molecular flexibility index (Phi) is 5.31. The Morgan fingerprint density at radius 2 is 1.96 bits per heavy atom. The Labute approximate surface area is 139 Å². The first-order valence-electron chi connectivity index (χ1n) is 7.61. The molecule has 1 aromatic carbocycles. The van der Waals surface area contributed by atoms with E-state index in [0.29, 0.717) is 17.1 Å². The van der Waals surface area contributed by atoms with Gasteiger partial charge in [-0.2, -0.15) is 13.2 Å². The van der Waals surface area contributed by atoms with Gasteiger partial charge in [-0.1, -0.05) is 38.4 Å². The van der Waals surface area contributed by atoms with Crippen molar-refractivity contribution in [1.82, 2.24) is 5.32 Å². The van der Waals surface area contributed by atoms with Crippen LogP contribution in [0.5, 0.6) is 5.75 Å². The molecule has 1 aromatic rings. The van der Waals surface area contributed by atoms with E-state index >= 15 is 0 Å².